The summed E-state index contributed by atoms with van der Waals surface area (Å²) in [6, 6.07) is 11.7. The van der Waals surface area contributed by atoms with E-state index in [9.17, 15) is 9.90 Å². The first-order valence-electron chi connectivity index (χ1n) is 6.73. The van der Waals surface area contributed by atoms with Crippen LogP contribution in [0.15, 0.2) is 53.2 Å². The third-order valence-corrected chi connectivity index (χ3v) is 3.58. The summed E-state index contributed by atoms with van der Waals surface area (Å²) in [5.74, 6) is -0.201. The van der Waals surface area contributed by atoms with Crippen LogP contribution in [-0.2, 0) is 9.63 Å². The van der Waals surface area contributed by atoms with Gasteiger partial charge in [-0.1, -0.05) is 35.0 Å². The normalized spacial score (nSPS) is 15.5. The summed E-state index contributed by atoms with van der Waals surface area (Å²) in [5.41, 5.74) is 2.14. The number of carbonyl (C=O) groups excluding carboxylic acids is 1. The number of ether oxygens (including phenoxy) is 1. The van der Waals surface area contributed by atoms with Crippen LogP contribution in [0.5, 0.6) is 11.5 Å². The summed E-state index contributed by atoms with van der Waals surface area (Å²) in [7, 11) is 1.45. The Balaban J connectivity index is 2.01. The van der Waals surface area contributed by atoms with E-state index >= 15 is 0 Å². The van der Waals surface area contributed by atoms with E-state index in [0.717, 1.165) is 5.56 Å². The highest BCUT2D eigenvalue weighted by Crippen LogP contribution is 2.28. The molecule has 0 aromatic heterocycles. The van der Waals surface area contributed by atoms with Gasteiger partial charge in [0.2, 0.25) is 0 Å². The van der Waals surface area contributed by atoms with E-state index in [1.807, 2.05) is 0 Å². The summed E-state index contributed by atoms with van der Waals surface area (Å²) < 4.78 is 5.06. The fourth-order valence-electron chi connectivity index (χ4n) is 2.18. The van der Waals surface area contributed by atoms with E-state index < -0.39 is 5.97 Å². The Morgan fingerprint density at radius 2 is 1.96 bits per heavy atom. The maximum Gasteiger partial charge on any atom is 0.368 e. The van der Waals surface area contributed by atoms with Crippen LogP contribution in [0.25, 0.3) is 6.08 Å². The largest absolute Gasteiger partial charge is 0.504 e. The topological polar surface area (TPSA) is 68.1 Å². The second kappa shape index (κ2) is 6.14. The molecule has 6 heteroatoms. The van der Waals surface area contributed by atoms with Gasteiger partial charge < -0.3 is 14.7 Å². The van der Waals surface area contributed by atoms with Gasteiger partial charge >= 0.3 is 5.97 Å². The monoisotopic (exact) mass is 329 g/mol. The standard InChI is InChI=1S/C17H12ClNO4/c1-22-15-9-10(2-7-14(15)20)8-13-16(19-23-17(13)21)11-3-5-12(18)6-4-11/h2-9,20H,1H3/b13-8+. The molecular formula is C17H12ClNO4. The molecule has 0 saturated heterocycles. The molecule has 0 bridgehead atoms. The smallest absolute Gasteiger partial charge is 0.368 e. The fraction of sp³-hybridized carbons (Fsp3) is 0.0588. The Labute approximate surface area is 137 Å². The minimum atomic E-state index is -0.540. The van der Waals surface area contributed by atoms with Crippen molar-refractivity contribution in [2.24, 2.45) is 5.16 Å². The molecule has 2 aromatic carbocycles. The van der Waals surface area contributed by atoms with Gasteiger partial charge in [-0.25, -0.2) is 4.79 Å². The average molecular weight is 330 g/mol. The lowest BCUT2D eigenvalue weighted by Crippen LogP contribution is -2.06. The number of carbonyl (C=O) groups is 1. The number of oxime groups is 1. The SMILES string of the molecule is COc1cc(/C=C2/C(=O)ON=C2c2ccc(Cl)cc2)ccc1O. The van der Waals surface area contributed by atoms with Gasteiger partial charge in [-0.15, -0.1) is 0 Å². The summed E-state index contributed by atoms with van der Waals surface area (Å²) >= 11 is 5.87. The number of phenols is 1. The van der Waals surface area contributed by atoms with Crippen LogP contribution in [0.2, 0.25) is 5.02 Å². The van der Waals surface area contributed by atoms with Crippen LogP contribution in [0, 0.1) is 0 Å². The maximum atomic E-state index is 11.9. The van der Waals surface area contributed by atoms with Crippen molar-refractivity contribution in [2.75, 3.05) is 7.11 Å². The number of methoxy groups -OCH3 is 1. The van der Waals surface area contributed by atoms with Crippen LogP contribution in [0.4, 0.5) is 0 Å². The minimum absolute atomic E-state index is 0.0234. The molecule has 23 heavy (non-hydrogen) atoms. The lowest BCUT2D eigenvalue weighted by molar-refractivity contribution is -0.136. The van der Waals surface area contributed by atoms with E-state index in [2.05, 4.69) is 5.16 Å². The molecule has 2 aromatic rings. The molecule has 1 N–H and O–H groups in total. The Kier molecular flexibility index (Phi) is 4.04. The molecule has 5 nitrogen and oxygen atoms in total. The number of aromatic hydroxyl groups is 1. The van der Waals surface area contributed by atoms with E-state index in [0.29, 0.717) is 27.6 Å². The molecule has 0 atom stereocenters. The Morgan fingerprint density at radius 1 is 1.22 bits per heavy atom. The van der Waals surface area contributed by atoms with E-state index in [4.69, 9.17) is 21.2 Å². The van der Waals surface area contributed by atoms with Crippen LogP contribution in [0.1, 0.15) is 11.1 Å². The van der Waals surface area contributed by atoms with Gasteiger partial charge in [0, 0.05) is 10.6 Å². The highest BCUT2D eigenvalue weighted by atomic mass is 35.5. The van der Waals surface area contributed by atoms with Crippen molar-refractivity contribution in [3.8, 4) is 11.5 Å². The summed E-state index contributed by atoms with van der Waals surface area (Å²) in [4.78, 5) is 16.7. The van der Waals surface area contributed by atoms with Gasteiger partial charge in [0.25, 0.3) is 0 Å². The molecule has 0 amide bonds. The molecule has 0 saturated carbocycles. The first kappa shape index (κ1) is 15.1. The lowest BCUT2D eigenvalue weighted by Gasteiger charge is -2.05. The van der Waals surface area contributed by atoms with E-state index in [1.54, 1.807) is 42.5 Å². The van der Waals surface area contributed by atoms with Gasteiger partial charge in [0.05, 0.1) is 12.7 Å². The van der Waals surface area contributed by atoms with Crippen molar-refractivity contribution in [1.29, 1.82) is 0 Å². The van der Waals surface area contributed by atoms with Crippen LogP contribution in [0.3, 0.4) is 0 Å². The predicted molar refractivity (Wildman–Crippen MR) is 86.7 cm³/mol. The molecule has 116 valence electrons. The molecule has 0 fully saturated rings. The van der Waals surface area contributed by atoms with E-state index in [-0.39, 0.29) is 5.75 Å². The zero-order valence-electron chi connectivity index (χ0n) is 12.1. The summed E-state index contributed by atoms with van der Waals surface area (Å²) in [6.45, 7) is 0. The Hall–Kier alpha value is -2.79. The number of rotatable bonds is 3. The first-order valence-corrected chi connectivity index (χ1v) is 7.10. The van der Waals surface area contributed by atoms with Crippen LogP contribution >= 0.6 is 11.6 Å². The molecule has 0 unspecified atom stereocenters. The predicted octanol–water partition coefficient (Wildman–Crippen LogP) is 3.40. The molecule has 0 aliphatic carbocycles. The second-order valence-electron chi connectivity index (χ2n) is 4.81. The van der Waals surface area contributed by atoms with Gasteiger partial charge in [0.1, 0.15) is 5.71 Å². The third kappa shape index (κ3) is 3.05. The highest BCUT2D eigenvalue weighted by Gasteiger charge is 2.26. The van der Waals surface area contributed by atoms with E-state index in [1.165, 1.54) is 13.2 Å². The number of benzene rings is 2. The molecule has 1 heterocycles. The molecule has 0 spiro atoms. The average Bonchev–Trinajstić information content (AvgIpc) is 2.91. The number of nitrogens with zero attached hydrogens (tertiary/aromatic N) is 1. The van der Waals surface area contributed by atoms with Crippen molar-refractivity contribution in [3.05, 3.63) is 64.2 Å². The summed E-state index contributed by atoms with van der Waals surface area (Å²) in [5, 5.41) is 14.1. The number of phenolic OH excluding ortho intramolecular Hbond substituents is 1. The zero-order chi connectivity index (χ0) is 16.4. The molecule has 3 rings (SSSR count). The maximum absolute atomic E-state index is 11.9. The minimum Gasteiger partial charge on any atom is -0.504 e. The van der Waals surface area contributed by atoms with Crippen LogP contribution < -0.4 is 4.74 Å². The van der Waals surface area contributed by atoms with Gasteiger partial charge in [-0.2, -0.15) is 0 Å². The number of halogens is 1. The Morgan fingerprint density at radius 3 is 2.65 bits per heavy atom. The molecule has 0 radical (unpaired) electrons. The molecule has 1 aliphatic heterocycles. The number of hydrogen-bond acceptors (Lipinski definition) is 5. The van der Waals surface area contributed by atoms with Crippen molar-refractivity contribution in [2.45, 2.75) is 0 Å². The van der Waals surface area contributed by atoms with Gasteiger partial charge in [0.15, 0.2) is 11.5 Å². The second-order valence-corrected chi connectivity index (χ2v) is 5.25. The fourth-order valence-corrected chi connectivity index (χ4v) is 2.30. The first-order chi connectivity index (χ1) is 11.1. The zero-order valence-corrected chi connectivity index (χ0v) is 12.9. The summed E-state index contributed by atoms with van der Waals surface area (Å²) in [6.07, 6.45) is 1.63. The number of hydrogen-bond donors (Lipinski definition) is 1. The van der Waals surface area contributed by atoms with Crippen molar-refractivity contribution in [3.63, 3.8) is 0 Å². The lowest BCUT2D eigenvalue weighted by atomic mass is 10.0. The highest BCUT2D eigenvalue weighted by molar-refractivity contribution is 6.32. The molecule has 1 aliphatic rings. The third-order valence-electron chi connectivity index (χ3n) is 3.33. The van der Waals surface area contributed by atoms with Crippen molar-refractivity contribution < 1.29 is 19.5 Å². The van der Waals surface area contributed by atoms with Gasteiger partial charge in [-0.3, -0.25) is 0 Å². The quantitative estimate of drug-likeness (QED) is 0.692. The Bertz CT molecular complexity index is 825. The van der Waals surface area contributed by atoms with Crippen molar-refractivity contribution in [1.82, 2.24) is 0 Å². The molecular weight excluding hydrogens is 318 g/mol. The van der Waals surface area contributed by atoms with Gasteiger partial charge in [-0.05, 0) is 35.9 Å². The van der Waals surface area contributed by atoms with Crippen molar-refractivity contribution >= 4 is 29.4 Å². The van der Waals surface area contributed by atoms with Crippen LogP contribution in [-0.4, -0.2) is 23.9 Å².